The standard InChI is InChI=1S/C19H23N3OS/c1-14-17(5-6-18(20-14)15-7-11-24-13-15)19(23)22-10-3-9-21-8-2-4-16(21)12-22/h5-7,11,13,16H,2-4,8-10,12H2,1H3. The maximum Gasteiger partial charge on any atom is 0.255 e. The number of aromatic nitrogens is 1. The van der Waals surface area contributed by atoms with Crippen LogP contribution in [0.1, 0.15) is 35.3 Å². The molecule has 1 amide bonds. The molecule has 1 unspecified atom stereocenters. The molecule has 0 aromatic carbocycles. The highest BCUT2D eigenvalue weighted by Gasteiger charge is 2.31. The topological polar surface area (TPSA) is 36.4 Å². The summed E-state index contributed by atoms with van der Waals surface area (Å²) in [7, 11) is 0. The lowest BCUT2D eigenvalue weighted by molar-refractivity contribution is 0.0742. The smallest absolute Gasteiger partial charge is 0.255 e. The molecule has 2 saturated heterocycles. The molecule has 0 radical (unpaired) electrons. The number of carbonyl (C=O) groups is 1. The molecule has 24 heavy (non-hydrogen) atoms. The van der Waals surface area contributed by atoms with Gasteiger partial charge in [0.1, 0.15) is 0 Å². The van der Waals surface area contributed by atoms with E-state index in [9.17, 15) is 4.79 Å². The Morgan fingerprint density at radius 3 is 2.88 bits per heavy atom. The summed E-state index contributed by atoms with van der Waals surface area (Å²) in [5, 5.41) is 4.14. The number of aryl methyl sites for hydroxylation is 1. The number of fused-ring (bicyclic) bond motifs is 1. The van der Waals surface area contributed by atoms with Crippen LogP contribution in [0.15, 0.2) is 29.0 Å². The third-order valence-corrected chi connectivity index (χ3v) is 5.91. The lowest BCUT2D eigenvalue weighted by Gasteiger charge is -2.26. The van der Waals surface area contributed by atoms with Crippen LogP contribution in [-0.4, -0.2) is 52.9 Å². The molecule has 126 valence electrons. The van der Waals surface area contributed by atoms with E-state index in [1.807, 2.05) is 24.0 Å². The summed E-state index contributed by atoms with van der Waals surface area (Å²) in [6.45, 7) is 6.00. The number of rotatable bonds is 2. The lowest BCUT2D eigenvalue weighted by Crippen LogP contribution is -2.39. The average Bonchev–Trinajstić information content (AvgIpc) is 3.23. The van der Waals surface area contributed by atoms with Gasteiger partial charge >= 0.3 is 0 Å². The molecule has 2 fully saturated rings. The van der Waals surface area contributed by atoms with E-state index in [0.717, 1.165) is 48.6 Å². The zero-order chi connectivity index (χ0) is 16.5. The Hall–Kier alpha value is -1.72. The number of thiophene rings is 1. The van der Waals surface area contributed by atoms with Crippen molar-refractivity contribution in [2.75, 3.05) is 26.2 Å². The van der Waals surface area contributed by atoms with Gasteiger partial charge in [0.05, 0.1) is 17.0 Å². The summed E-state index contributed by atoms with van der Waals surface area (Å²) in [5.74, 6) is 0.144. The molecule has 1 atom stereocenters. The second kappa shape index (κ2) is 6.65. The van der Waals surface area contributed by atoms with Crippen molar-refractivity contribution in [1.82, 2.24) is 14.8 Å². The van der Waals surface area contributed by atoms with Crippen LogP contribution in [0.25, 0.3) is 11.3 Å². The first-order valence-corrected chi connectivity index (χ1v) is 9.70. The van der Waals surface area contributed by atoms with Crippen LogP contribution in [0.2, 0.25) is 0 Å². The SMILES string of the molecule is Cc1nc(-c2ccsc2)ccc1C(=O)N1CCCN2CCCC2C1. The van der Waals surface area contributed by atoms with Gasteiger partial charge in [-0.25, -0.2) is 0 Å². The first-order chi connectivity index (χ1) is 11.7. The summed E-state index contributed by atoms with van der Waals surface area (Å²) in [6, 6.07) is 6.55. The van der Waals surface area contributed by atoms with Gasteiger partial charge in [-0.1, -0.05) is 0 Å². The number of carbonyl (C=O) groups excluding carboxylic acids is 1. The van der Waals surface area contributed by atoms with E-state index in [1.165, 1.54) is 19.4 Å². The first kappa shape index (κ1) is 15.8. The Morgan fingerprint density at radius 2 is 2.08 bits per heavy atom. The van der Waals surface area contributed by atoms with Crippen molar-refractivity contribution in [2.45, 2.75) is 32.2 Å². The summed E-state index contributed by atoms with van der Waals surface area (Å²) in [5.41, 5.74) is 3.65. The normalized spacial score (nSPS) is 21.5. The van der Waals surface area contributed by atoms with Crippen LogP contribution < -0.4 is 0 Å². The Morgan fingerprint density at radius 1 is 1.21 bits per heavy atom. The molecule has 0 N–H and O–H groups in total. The van der Waals surface area contributed by atoms with Crippen LogP contribution in [-0.2, 0) is 0 Å². The van der Waals surface area contributed by atoms with Gasteiger partial charge < -0.3 is 4.90 Å². The third-order valence-electron chi connectivity index (χ3n) is 5.22. The molecule has 0 aliphatic carbocycles. The molecule has 0 spiro atoms. The summed E-state index contributed by atoms with van der Waals surface area (Å²) in [4.78, 5) is 22.3. The fraction of sp³-hybridized carbons (Fsp3) is 0.474. The highest BCUT2D eigenvalue weighted by molar-refractivity contribution is 7.08. The molecule has 0 saturated carbocycles. The molecular weight excluding hydrogens is 318 g/mol. The monoisotopic (exact) mass is 341 g/mol. The van der Waals surface area contributed by atoms with Gasteiger partial charge in [-0.05, 0) is 56.3 Å². The van der Waals surface area contributed by atoms with Gasteiger partial charge in [0, 0.05) is 36.6 Å². The molecular formula is C19H23N3OS. The highest BCUT2D eigenvalue weighted by Crippen LogP contribution is 2.24. The molecule has 2 aromatic rings. The summed E-state index contributed by atoms with van der Waals surface area (Å²) < 4.78 is 0. The van der Waals surface area contributed by atoms with Crippen molar-refractivity contribution >= 4 is 17.2 Å². The van der Waals surface area contributed by atoms with E-state index >= 15 is 0 Å². The number of pyridine rings is 1. The predicted octanol–water partition coefficient (Wildman–Crippen LogP) is 3.43. The van der Waals surface area contributed by atoms with Crippen molar-refractivity contribution < 1.29 is 4.79 Å². The van der Waals surface area contributed by atoms with E-state index in [0.29, 0.717) is 6.04 Å². The van der Waals surface area contributed by atoms with E-state index in [-0.39, 0.29) is 5.91 Å². The minimum atomic E-state index is 0.144. The van der Waals surface area contributed by atoms with E-state index in [2.05, 4.69) is 26.7 Å². The number of hydrogen-bond acceptors (Lipinski definition) is 4. The number of nitrogens with zero attached hydrogens (tertiary/aromatic N) is 3. The van der Waals surface area contributed by atoms with Crippen molar-refractivity contribution in [3.05, 3.63) is 40.2 Å². The number of amides is 1. The van der Waals surface area contributed by atoms with Crippen LogP contribution in [0.3, 0.4) is 0 Å². The Kier molecular flexibility index (Phi) is 4.37. The average molecular weight is 341 g/mol. The van der Waals surface area contributed by atoms with Crippen molar-refractivity contribution in [1.29, 1.82) is 0 Å². The molecule has 4 rings (SSSR count). The summed E-state index contributed by atoms with van der Waals surface area (Å²) in [6.07, 6.45) is 3.56. The van der Waals surface area contributed by atoms with Crippen LogP contribution in [0.4, 0.5) is 0 Å². The fourth-order valence-corrected chi connectivity index (χ4v) is 4.57. The Labute approximate surface area is 147 Å². The van der Waals surface area contributed by atoms with Crippen molar-refractivity contribution in [3.63, 3.8) is 0 Å². The van der Waals surface area contributed by atoms with Crippen LogP contribution in [0, 0.1) is 6.92 Å². The summed E-state index contributed by atoms with van der Waals surface area (Å²) >= 11 is 1.66. The molecule has 4 nitrogen and oxygen atoms in total. The van der Waals surface area contributed by atoms with E-state index < -0.39 is 0 Å². The molecule has 2 aliphatic heterocycles. The molecule has 4 heterocycles. The Bertz CT molecular complexity index is 728. The first-order valence-electron chi connectivity index (χ1n) is 8.76. The third kappa shape index (κ3) is 2.98. The largest absolute Gasteiger partial charge is 0.337 e. The lowest BCUT2D eigenvalue weighted by atomic mass is 10.1. The molecule has 2 aromatic heterocycles. The second-order valence-electron chi connectivity index (χ2n) is 6.78. The van der Waals surface area contributed by atoms with Gasteiger partial charge in [-0.3, -0.25) is 14.7 Å². The minimum absolute atomic E-state index is 0.144. The second-order valence-corrected chi connectivity index (χ2v) is 7.56. The quantitative estimate of drug-likeness (QED) is 0.840. The fourth-order valence-electron chi connectivity index (χ4n) is 3.92. The zero-order valence-corrected chi connectivity index (χ0v) is 14.9. The van der Waals surface area contributed by atoms with E-state index in [1.54, 1.807) is 11.3 Å². The van der Waals surface area contributed by atoms with Crippen molar-refractivity contribution in [3.8, 4) is 11.3 Å². The van der Waals surface area contributed by atoms with Gasteiger partial charge in [0.2, 0.25) is 0 Å². The van der Waals surface area contributed by atoms with Gasteiger partial charge in [-0.2, -0.15) is 11.3 Å². The number of hydrogen-bond donors (Lipinski definition) is 0. The van der Waals surface area contributed by atoms with Gasteiger partial charge in [0.15, 0.2) is 0 Å². The van der Waals surface area contributed by atoms with E-state index in [4.69, 9.17) is 0 Å². The van der Waals surface area contributed by atoms with Gasteiger partial charge in [-0.15, -0.1) is 0 Å². The van der Waals surface area contributed by atoms with Gasteiger partial charge in [0.25, 0.3) is 5.91 Å². The highest BCUT2D eigenvalue weighted by atomic mass is 32.1. The molecule has 2 aliphatic rings. The molecule has 0 bridgehead atoms. The molecule has 5 heteroatoms. The Balaban J connectivity index is 1.55. The maximum atomic E-state index is 13.0. The van der Waals surface area contributed by atoms with Crippen LogP contribution >= 0.6 is 11.3 Å². The maximum absolute atomic E-state index is 13.0. The predicted molar refractivity (Wildman–Crippen MR) is 97.4 cm³/mol. The minimum Gasteiger partial charge on any atom is -0.337 e. The van der Waals surface area contributed by atoms with Crippen molar-refractivity contribution in [2.24, 2.45) is 0 Å². The van der Waals surface area contributed by atoms with Crippen LogP contribution in [0.5, 0.6) is 0 Å². The zero-order valence-electron chi connectivity index (χ0n) is 14.1.